The Balaban J connectivity index is 1.44. The topological polar surface area (TPSA) is 72.9 Å². The van der Waals surface area contributed by atoms with Crippen molar-refractivity contribution < 1.29 is 22.0 Å². The van der Waals surface area contributed by atoms with Gasteiger partial charge in [-0.3, -0.25) is 0 Å². The SMILES string of the molecule is CN1c2ncnn2C(Sc2nnc(-c3ccc(C(F)(F)F)cc3)o2)=CC1c1cccc(F)c1. The predicted octanol–water partition coefficient (Wildman–Crippen LogP) is 5.27. The molecule has 0 saturated heterocycles. The maximum atomic E-state index is 13.8. The van der Waals surface area contributed by atoms with Gasteiger partial charge in [-0.25, -0.2) is 4.39 Å². The first-order valence-electron chi connectivity index (χ1n) is 9.59. The largest absolute Gasteiger partial charge is 0.416 e. The lowest BCUT2D eigenvalue weighted by molar-refractivity contribution is -0.137. The van der Waals surface area contributed by atoms with E-state index in [4.69, 9.17) is 4.42 Å². The van der Waals surface area contributed by atoms with E-state index in [2.05, 4.69) is 20.3 Å². The highest BCUT2D eigenvalue weighted by atomic mass is 32.2. The number of rotatable bonds is 4. The Bertz CT molecular complexity index is 1330. The van der Waals surface area contributed by atoms with Gasteiger partial charge in [0.1, 0.15) is 17.2 Å². The molecule has 1 aliphatic heterocycles. The van der Waals surface area contributed by atoms with E-state index in [1.807, 2.05) is 24.1 Å². The Labute approximate surface area is 188 Å². The average molecular weight is 474 g/mol. The summed E-state index contributed by atoms with van der Waals surface area (Å²) in [6.07, 6.45) is -1.17. The smallest absolute Gasteiger partial charge is 0.411 e. The van der Waals surface area contributed by atoms with Crippen LogP contribution in [0.5, 0.6) is 0 Å². The standard InChI is InChI=1S/C21H14F4N6OS/c1-30-16(13-3-2-4-15(22)9-13)10-17(31-19(30)26-11-27-31)33-20-29-28-18(32-20)12-5-7-14(8-6-12)21(23,24)25/h2-11,16H,1H3. The molecule has 2 aromatic carbocycles. The zero-order chi connectivity index (χ0) is 23.2. The molecule has 0 aliphatic carbocycles. The third kappa shape index (κ3) is 4.09. The van der Waals surface area contributed by atoms with Crippen LogP contribution >= 0.6 is 11.8 Å². The minimum absolute atomic E-state index is 0.0836. The molecule has 0 spiro atoms. The number of anilines is 1. The summed E-state index contributed by atoms with van der Waals surface area (Å²) in [5.41, 5.74) is 0.318. The van der Waals surface area contributed by atoms with Crippen molar-refractivity contribution in [2.45, 2.75) is 17.4 Å². The number of likely N-dealkylation sites (N-methyl/N-ethyl adjacent to an activating group) is 1. The Morgan fingerprint density at radius 2 is 1.85 bits per heavy atom. The van der Waals surface area contributed by atoms with E-state index in [9.17, 15) is 17.6 Å². The molecular formula is C21H14F4N6OS. The Hall–Kier alpha value is -3.67. The fourth-order valence-corrected chi connectivity index (χ4v) is 4.21. The summed E-state index contributed by atoms with van der Waals surface area (Å²) in [4.78, 5) is 6.13. The van der Waals surface area contributed by atoms with E-state index < -0.39 is 11.7 Å². The first-order chi connectivity index (χ1) is 15.8. The first-order valence-corrected chi connectivity index (χ1v) is 10.4. The van der Waals surface area contributed by atoms with E-state index in [1.54, 1.807) is 10.7 Å². The van der Waals surface area contributed by atoms with Crippen LogP contribution < -0.4 is 4.90 Å². The van der Waals surface area contributed by atoms with Gasteiger partial charge in [-0.05, 0) is 59.8 Å². The molecule has 0 N–H and O–H groups in total. The molecule has 1 unspecified atom stereocenters. The molecule has 0 fully saturated rings. The van der Waals surface area contributed by atoms with Crippen LogP contribution in [0.1, 0.15) is 17.2 Å². The van der Waals surface area contributed by atoms with Crippen molar-refractivity contribution in [3.8, 4) is 11.5 Å². The van der Waals surface area contributed by atoms with Crippen molar-refractivity contribution in [2.75, 3.05) is 11.9 Å². The van der Waals surface area contributed by atoms with Crippen LogP contribution in [0, 0.1) is 5.82 Å². The predicted molar refractivity (Wildman–Crippen MR) is 112 cm³/mol. The summed E-state index contributed by atoms with van der Waals surface area (Å²) in [5.74, 6) is 0.269. The minimum atomic E-state index is -4.43. The molecule has 7 nitrogen and oxygen atoms in total. The van der Waals surface area contributed by atoms with E-state index in [0.717, 1.165) is 29.5 Å². The van der Waals surface area contributed by atoms with Gasteiger partial charge in [-0.1, -0.05) is 12.1 Å². The Morgan fingerprint density at radius 1 is 1.06 bits per heavy atom. The lowest BCUT2D eigenvalue weighted by Gasteiger charge is -2.31. The van der Waals surface area contributed by atoms with Crippen molar-refractivity contribution in [2.24, 2.45) is 0 Å². The van der Waals surface area contributed by atoms with E-state index in [-0.39, 0.29) is 23.0 Å². The van der Waals surface area contributed by atoms with Gasteiger partial charge < -0.3 is 9.32 Å². The number of hydrogen-bond acceptors (Lipinski definition) is 7. The van der Waals surface area contributed by atoms with Crippen LogP contribution in [0.3, 0.4) is 0 Å². The monoisotopic (exact) mass is 474 g/mol. The van der Waals surface area contributed by atoms with Crippen molar-refractivity contribution in [1.82, 2.24) is 25.0 Å². The quantitative estimate of drug-likeness (QED) is 0.373. The normalized spacial score (nSPS) is 16.0. The van der Waals surface area contributed by atoms with Gasteiger partial charge in [0.2, 0.25) is 11.8 Å². The molecular weight excluding hydrogens is 460 g/mol. The fourth-order valence-electron chi connectivity index (χ4n) is 3.42. The number of thioether (sulfide) groups is 1. The van der Waals surface area contributed by atoms with Gasteiger partial charge in [0.05, 0.1) is 11.6 Å². The molecule has 0 bridgehead atoms. The summed E-state index contributed by atoms with van der Waals surface area (Å²) in [6.45, 7) is 0. The summed E-state index contributed by atoms with van der Waals surface area (Å²) in [7, 11) is 1.82. The molecule has 4 aromatic rings. The van der Waals surface area contributed by atoms with Crippen molar-refractivity contribution in [3.63, 3.8) is 0 Å². The number of fused-ring (bicyclic) bond motifs is 1. The fraction of sp³-hybridized carbons (Fsp3) is 0.143. The van der Waals surface area contributed by atoms with Gasteiger partial charge in [0.15, 0.2) is 0 Å². The molecule has 1 aliphatic rings. The molecule has 0 saturated carbocycles. The lowest BCUT2D eigenvalue weighted by Crippen LogP contribution is -2.29. The first kappa shape index (κ1) is 21.2. The second-order valence-electron chi connectivity index (χ2n) is 7.14. The van der Waals surface area contributed by atoms with Gasteiger partial charge in [-0.15, -0.1) is 10.2 Å². The van der Waals surface area contributed by atoms with Crippen molar-refractivity contribution in [1.29, 1.82) is 0 Å². The highest BCUT2D eigenvalue weighted by molar-refractivity contribution is 8.07. The van der Waals surface area contributed by atoms with Crippen LogP contribution in [0.25, 0.3) is 16.5 Å². The summed E-state index contributed by atoms with van der Waals surface area (Å²) in [5, 5.41) is 12.9. The van der Waals surface area contributed by atoms with Crippen molar-refractivity contribution >= 4 is 22.7 Å². The molecule has 168 valence electrons. The lowest BCUT2D eigenvalue weighted by atomic mass is 10.0. The highest BCUT2D eigenvalue weighted by Gasteiger charge is 2.31. The third-order valence-corrected chi connectivity index (χ3v) is 5.88. The molecule has 0 radical (unpaired) electrons. The molecule has 33 heavy (non-hydrogen) atoms. The minimum Gasteiger partial charge on any atom is -0.411 e. The van der Waals surface area contributed by atoms with Crippen molar-refractivity contribution in [3.05, 3.63) is 77.9 Å². The summed E-state index contributed by atoms with van der Waals surface area (Å²) in [6, 6.07) is 10.4. The molecule has 0 amide bonds. The second kappa shape index (κ2) is 8.03. The average Bonchev–Trinajstić information content (AvgIpc) is 3.45. The van der Waals surface area contributed by atoms with Gasteiger partial charge >= 0.3 is 6.18 Å². The molecule has 1 atom stereocenters. The van der Waals surface area contributed by atoms with Crippen LogP contribution in [0.4, 0.5) is 23.5 Å². The molecule has 5 rings (SSSR count). The molecule has 3 heterocycles. The zero-order valence-electron chi connectivity index (χ0n) is 16.9. The second-order valence-corrected chi connectivity index (χ2v) is 8.11. The highest BCUT2D eigenvalue weighted by Crippen LogP contribution is 2.40. The maximum Gasteiger partial charge on any atom is 0.416 e. The zero-order valence-corrected chi connectivity index (χ0v) is 17.7. The molecule has 2 aromatic heterocycles. The number of nitrogens with zero attached hydrogens (tertiary/aromatic N) is 6. The van der Waals surface area contributed by atoms with E-state index in [1.165, 1.54) is 30.6 Å². The van der Waals surface area contributed by atoms with E-state index in [0.29, 0.717) is 16.5 Å². The Kier molecular flexibility index (Phi) is 5.16. The number of halogens is 4. The van der Waals surface area contributed by atoms with Crippen LogP contribution in [0.2, 0.25) is 0 Å². The number of aromatic nitrogens is 5. The summed E-state index contributed by atoms with van der Waals surface area (Å²) < 4.78 is 59.4. The Morgan fingerprint density at radius 3 is 2.58 bits per heavy atom. The van der Waals surface area contributed by atoms with Crippen LogP contribution in [0.15, 0.2) is 70.6 Å². The van der Waals surface area contributed by atoms with Crippen LogP contribution in [-0.4, -0.2) is 32.0 Å². The number of benzene rings is 2. The summed E-state index contributed by atoms with van der Waals surface area (Å²) >= 11 is 1.12. The number of hydrogen-bond donors (Lipinski definition) is 0. The van der Waals surface area contributed by atoms with Crippen LogP contribution in [-0.2, 0) is 6.18 Å². The van der Waals surface area contributed by atoms with Gasteiger partial charge in [0, 0.05) is 12.6 Å². The number of alkyl halides is 3. The van der Waals surface area contributed by atoms with Gasteiger partial charge in [0.25, 0.3) is 5.22 Å². The maximum absolute atomic E-state index is 13.8. The van der Waals surface area contributed by atoms with Gasteiger partial charge in [-0.2, -0.15) is 27.9 Å². The molecule has 12 heteroatoms. The van der Waals surface area contributed by atoms with E-state index >= 15 is 0 Å². The third-order valence-electron chi connectivity index (χ3n) is 5.02.